The van der Waals surface area contributed by atoms with Gasteiger partial charge in [-0.05, 0) is 22.4 Å². The van der Waals surface area contributed by atoms with Gasteiger partial charge in [-0.1, -0.05) is 60.7 Å². The van der Waals surface area contributed by atoms with E-state index in [-0.39, 0.29) is 11.3 Å². The Kier molecular flexibility index (Phi) is 2.73. The van der Waals surface area contributed by atoms with Gasteiger partial charge in [-0.2, -0.15) is 0 Å². The lowest BCUT2D eigenvalue weighted by Gasteiger charge is -2.09. The molecule has 4 rings (SSSR count). The first kappa shape index (κ1) is 12.7. The first-order valence-electron chi connectivity index (χ1n) is 6.98. The van der Waals surface area contributed by atoms with Crippen LogP contribution < -0.4 is 5.63 Å². The van der Waals surface area contributed by atoms with Crippen molar-refractivity contribution < 1.29 is 9.52 Å². The molecule has 3 heteroatoms. The van der Waals surface area contributed by atoms with E-state index in [1.165, 1.54) is 0 Å². The van der Waals surface area contributed by atoms with Gasteiger partial charge in [0.2, 0.25) is 0 Å². The Balaban J connectivity index is 2.20. The molecule has 0 saturated heterocycles. The van der Waals surface area contributed by atoms with Gasteiger partial charge in [0.15, 0.2) is 0 Å². The van der Waals surface area contributed by atoms with Gasteiger partial charge in [0.1, 0.15) is 16.9 Å². The van der Waals surface area contributed by atoms with Crippen LogP contribution in [0.4, 0.5) is 0 Å². The maximum absolute atomic E-state index is 12.3. The Morgan fingerprint density at radius 1 is 0.818 bits per heavy atom. The fourth-order valence-corrected chi connectivity index (χ4v) is 2.81. The summed E-state index contributed by atoms with van der Waals surface area (Å²) in [4.78, 5) is 12.3. The standard InChI is InChI=1S/C19H12O3/c20-18-16(13-7-2-1-3-8-13)19(21)22-15-11-10-12-6-4-5-9-14(12)17(15)18/h1-11,20H. The molecule has 0 saturated carbocycles. The van der Waals surface area contributed by atoms with Gasteiger partial charge in [0, 0.05) is 0 Å². The average molecular weight is 288 g/mol. The Morgan fingerprint density at radius 3 is 2.36 bits per heavy atom. The lowest BCUT2D eigenvalue weighted by Crippen LogP contribution is -2.03. The number of hydrogen-bond acceptors (Lipinski definition) is 3. The van der Waals surface area contributed by atoms with Crippen LogP contribution in [0.25, 0.3) is 32.9 Å². The predicted octanol–water partition coefficient (Wildman–Crippen LogP) is 4.32. The molecule has 0 unspecified atom stereocenters. The van der Waals surface area contributed by atoms with Gasteiger partial charge in [0.05, 0.1) is 5.39 Å². The van der Waals surface area contributed by atoms with Gasteiger partial charge in [-0.3, -0.25) is 0 Å². The average Bonchev–Trinajstić information content (AvgIpc) is 2.55. The fourth-order valence-electron chi connectivity index (χ4n) is 2.81. The first-order valence-corrected chi connectivity index (χ1v) is 6.98. The zero-order valence-corrected chi connectivity index (χ0v) is 11.6. The van der Waals surface area contributed by atoms with E-state index in [0.717, 1.165) is 10.8 Å². The van der Waals surface area contributed by atoms with Gasteiger partial charge >= 0.3 is 5.63 Å². The topological polar surface area (TPSA) is 50.4 Å². The van der Waals surface area contributed by atoms with Crippen LogP contribution in [0.5, 0.6) is 5.75 Å². The van der Waals surface area contributed by atoms with E-state index in [1.807, 2.05) is 48.5 Å². The molecule has 0 aliphatic rings. The number of aromatic hydroxyl groups is 1. The van der Waals surface area contributed by atoms with Crippen LogP contribution >= 0.6 is 0 Å². The van der Waals surface area contributed by atoms with E-state index in [0.29, 0.717) is 16.5 Å². The maximum Gasteiger partial charge on any atom is 0.347 e. The molecule has 0 aliphatic heterocycles. The van der Waals surface area contributed by atoms with Crippen molar-refractivity contribution in [3.8, 4) is 16.9 Å². The second-order valence-electron chi connectivity index (χ2n) is 5.14. The summed E-state index contributed by atoms with van der Waals surface area (Å²) in [6.45, 7) is 0. The zero-order chi connectivity index (χ0) is 15.1. The van der Waals surface area contributed by atoms with Crippen molar-refractivity contribution in [3.63, 3.8) is 0 Å². The molecule has 1 aromatic heterocycles. The molecule has 0 radical (unpaired) electrons. The SMILES string of the molecule is O=c1oc2ccc3ccccc3c2c(O)c1-c1ccccc1. The summed E-state index contributed by atoms with van der Waals surface area (Å²) in [5.41, 5.74) is 0.695. The molecule has 1 N–H and O–H groups in total. The smallest absolute Gasteiger partial charge is 0.347 e. The van der Waals surface area contributed by atoms with Gasteiger partial charge in [0.25, 0.3) is 0 Å². The van der Waals surface area contributed by atoms with E-state index < -0.39 is 5.63 Å². The third kappa shape index (κ3) is 1.79. The van der Waals surface area contributed by atoms with Crippen LogP contribution in [0.2, 0.25) is 0 Å². The summed E-state index contributed by atoms with van der Waals surface area (Å²) in [5, 5.41) is 13.1. The molecule has 22 heavy (non-hydrogen) atoms. The Bertz CT molecular complexity index is 1050. The van der Waals surface area contributed by atoms with Crippen molar-refractivity contribution in [2.75, 3.05) is 0 Å². The molecule has 4 aromatic rings. The number of benzene rings is 3. The highest BCUT2D eigenvalue weighted by molar-refractivity contribution is 6.10. The Labute approximate surface area is 126 Å². The summed E-state index contributed by atoms with van der Waals surface area (Å²) >= 11 is 0. The quantitative estimate of drug-likeness (QED) is 0.419. The fraction of sp³-hybridized carbons (Fsp3) is 0. The minimum atomic E-state index is -0.536. The second-order valence-corrected chi connectivity index (χ2v) is 5.14. The Hall–Kier alpha value is -3.07. The molecule has 0 aliphatic carbocycles. The highest BCUT2D eigenvalue weighted by Crippen LogP contribution is 2.37. The monoisotopic (exact) mass is 288 g/mol. The normalized spacial score (nSPS) is 11.1. The minimum Gasteiger partial charge on any atom is -0.506 e. The molecule has 0 atom stereocenters. The minimum absolute atomic E-state index is 0.0331. The first-order chi connectivity index (χ1) is 10.8. The van der Waals surface area contributed by atoms with Crippen molar-refractivity contribution in [2.45, 2.75) is 0 Å². The van der Waals surface area contributed by atoms with E-state index >= 15 is 0 Å². The molecule has 3 nitrogen and oxygen atoms in total. The zero-order valence-electron chi connectivity index (χ0n) is 11.6. The maximum atomic E-state index is 12.3. The van der Waals surface area contributed by atoms with Crippen LogP contribution in [0, 0.1) is 0 Å². The molecular weight excluding hydrogens is 276 g/mol. The lowest BCUT2D eigenvalue weighted by molar-refractivity contribution is 0.471. The highest BCUT2D eigenvalue weighted by Gasteiger charge is 2.17. The molecular formula is C19H12O3. The molecule has 0 bridgehead atoms. The lowest BCUT2D eigenvalue weighted by atomic mass is 10.0. The summed E-state index contributed by atoms with van der Waals surface area (Å²) in [5.74, 6) is -0.0331. The molecule has 1 heterocycles. The largest absolute Gasteiger partial charge is 0.506 e. The van der Waals surface area contributed by atoms with Crippen LogP contribution in [0.3, 0.4) is 0 Å². The summed E-state index contributed by atoms with van der Waals surface area (Å²) in [7, 11) is 0. The van der Waals surface area contributed by atoms with E-state index in [1.54, 1.807) is 18.2 Å². The molecule has 106 valence electrons. The van der Waals surface area contributed by atoms with Crippen molar-refractivity contribution in [2.24, 2.45) is 0 Å². The van der Waals surface area contributed by atoms with Crippen LogP contribution in [-0.4, -0.2) is 5.11 Å². The van der Waals surface area contributed by atoms with Crippen LogP contribution in [0.1, 0.15) is 0 Å². The number of rotatable bonds is 1. The molecule has 3 aromatic carbocycles. The van der Waals surface area contributed by atoms with Crippen LogP contribution in [0.15, 0.2) is 75.9 Å². The molecule has 0 fully saturated rings. The highest BCUT2D eigenvalue weighted by atomic mass is 16.4. The summed E-state index contributed by atoms with van der Waals surface area (Å²) in [6, 6.07) is 20.4. The van der Waals surface area contributed by atoms with Crippen molar-refractivity contribution >= 4 is 21.7 Å². The van der Waals surface area contributed by atoms with E-state index in [9.17, 15) is 9.90 Å². The molecule has 0 amide bonds. The number of fused-ring (bicyclic) bond motifs is 3. The summed E-state index contributed by atoms with van der Waals surface area (Å²) in [6.07, 6.45) is 0. The van der Waals surface area contributed by atoms with Gasteiger partial charge in [-0.25, -0.2) is 4.79 Å². The Morgan fingerprint density at radius 2 is 1.55 bits per heavy atom. The van der Waals surface area contributed by atoms with Crippen molar-refractivity contribution in [3.05, 3.63) is 77.2 Å². The summed E-state index contributed by atoms with van der Waals surface area (Å²) < 4.78 is 5.42. The predicted molar refractivity (Wildman–Crippen MR) is 87.1 cm³/mol. The van der Waals surface area contributed by atoms with Crippen LogP contribution in [-0.2, 0) is 0 Å². The molecule has 0 spiro atoms. The van der Waals surface area contributed by atoms with Crippen molar-refractivity contribution in [1.82, 2.24) is 0 Å². The third-order valence-electron chi connectivity index (χ3n) is 3.83. The third-order valence-corrected chi connectivity index (χ3v) is 3.83. The van der Waals surface area contributed by atoms with Crippen molar-refractivity contribution in [1.29, 1.82) is 0 Å². The van der Waals surface area contributed by atoms with Gasteiger partial charge in [-0.15, -0.1) is 0 Å². The second kappa shape index (κ2) is 4.74. The van der Waals surface area contributed by atoms with Gasteiger partial charge < -0.3 is 9.52 Å². The van der Waals surface area contributed by atoms with E-state index in [4.69, 9.17) is 4.42 Å². The number of hydrogen-bond donors (Lipinski definition) is 1. The van der Waals surface area contributed by atoms with E-state index in [2.05, 4.69) is 0 Å².